The van der Waals surface area contributed by atoms with E-state index in [0.717, 1.165) is 11.1 Å². The van der Waals surface area contributed by atoms with E-state index in [1.54, 1.807) is 0 Å². The molecule has 0 aromatic rings. The maximum absolute atomic E-state index is 10.5. The van der Waals surface area contributed by atoms with Crippen LogP contribution in [0.5, 0.6) is 0 Å². The maximum Gasteiger partial charge on any atom is 0.302 e. The number of rotatable bonds is 5. The number of hydrogen-bond donors (Lipinski definition) is 1. The number of aliphatic hydroxyl groups is 1. The number of hydrogen-bond acceptors (Lipinski definition) is 3. The fourth-order valence-corrected chi connectivity index (χ4v) is 0.775. The van der Waals surface area contributed by atoms with Crippen molar-refractivity contribution in [1.29, 1.82) is 0 Å². The van der Waals surface area contributed by atoms with Gasteiger partial charge in [-0.05, 0) is 25.5 Å². The van der Waals surface area contributed by atoms with E-state index in [2.05, 4.69) is 0 Å². The zero-order valence-corrected chi connectivity index (χ0v) is 9.49. The summed E-state index contributed by atoms with van der Waals surface area (Å²) in [6.07, 6.45) is 7.40. The summed E-state index contributed by atoms with van der Waals surface area (Å²) in [5.41, 5.74) is 1.91. The Kier molecular flexibility index (Phi) is 7.28. The first-order valence-corrected chi connectivity index (χ1v) is 4.81. The van der Waals surface area contributed by atoms with Gasteiger partial charge in [-0.3, -0.25) is 4.79 Å². The SMILES string of the molecule is CC(=O)OC/C=C(C)/C=C/C=C(\C)CO. The number of allylic oxidation sites excluding steroid dienone is 4. The second kappa shape index (κ2) is 8.00. The van der Waals surface area contributed by atoms with Gasteiger partial charge in [0, 0.05) is 6.92 Å². The molecule has 0 spiro atoms. The molecule has 0 rings (SSSR count). The molecular weight excluding hydrogens is 192 g/mol. The van der Waals surface area contributed by atoms with Crippen molar-refractivity contribution in [3.63, 3.8) is 0 Å². The summed E-state index contributed by atoms with van der Waals surface area (Å²) >= 11 is 0. The van der Waals surface area contributed by atoms with E-state index in [1.165, 1.54) is 6.92 Å². The number of carbonyl (C=O) groups excluding carboxylic acids is 1. The molecule has 0 radical (unpaired) electrons. The molecule has 0 aromatic carbocycles. The molecule has 0 aromatic heterocycles. The van der Waals surface area contributed by atoms with Gasteiger partial charge in [-0.25, -0.2) is 0 Å². The molecule has 0 saturated heterocycles. The molecule has 0 unspecified atom stereocenters. The normalized spacial score (nSPS) is 13.3. The number of ether oxygens (including phenoxy) is 1. The predicted molar refractivity (Wildman–Crippen MR) is 60.4 cm³/mol. The van der Waals surface area contributed by atoms with E-state index in [0.29, 0.717) is 6.61 Å². The van der Waals surface area contributed by atoms with E-state index >= 15 is 0 Å². The summed E-state index contributed by atoms with van der Waals surface area (Å²) in [5.74, 6) is -0.279. The van der Waals surface area contributed by atoms with Gasteiger partial charge in [-0.1, -0.05) is 23.8 Å². The van der Waals surface area contributed by atoms with Crippen molar-refractivity contribution in [2.24, 2.45) is 0 Å². The van der Waals surface area contributed by atoms with E-state index in [-0.39, 0.29) is 12.6 Å². The van der Waals surface area contributed by atoms with Crippen molar-refractivity contribution in [3.05, 3.63) is 35.5 Å². The first-order valence-electron chi connectivity index (χ1n) is 4.81. The van der Waals surface area contributed by atoms with Crippen LogP contribution >= 0.6 is 0 Å². The van der Waals surface area contributed by atoms with E-state index < -0.39 is 0 Å². The number of esters is 1. The smallest absolute Gasteiger partial charge is 0.302 e. The Morgan fingerprint density at radius 3 is 2.53 bits per heavy atom. The van der Waals surface area contributed by atoms with Crippen LogP contribution in [-0.4, -0.2) is 24.3 Å². The molecule has 3 nitrogen and oxygen atoms in total. The number of carbonyl (C=O) groups is 1. The molecule has 0 aliphatic carbocycles. The lowest BCUT2D eigenvalue weighted by atomic mass is 10.2. The topological polar surface area (TPSA) is 46.5 Å². The van der Waals surface area contributed by atoms with Crippen molar-refractivity contribution in [1.82, 2.24) is 0 Å². The molecule has 0 aliphatic rings. The fourth-order valence-electron chi connectivity index (χ4n) is 0.775. The predicted octanol–water partition coefficient (Wildman–Crippen LogP) is 1.99. The summed E-state index contributed by atoms with van der Waals surface area (Å²) in [5, 5.41) is 8.73. The van der Waals surface area contributed by atoms with Crippen molar-refractivity contribution in [2.75, 3.05) is 13.2 Å². The molecule has 1 N–H and O–H groups in total. The first-order chi connectivity index (χ1) is 7.06. The lowest BCUT2D eigenvalue weighted by Crippen LogP contribution is -1.97. The van der Waals surface area contributed by atoms with Crippen LogP contribution in [0.4, 0.5) is 0 Å². The van der Waals surface area contributed by atoms with Crippen molar-refractivity contribution < 1.29 is 14.6 Å². The van der Waals surface area contributed by atoms with Crippen LogP contribution < -0.4 is 0 Å². The third-order valence-corrected chi connectivity index (χ3v) is 1.68. The fraction of sp³-hybridized carbons (Fsp3) is 0.417. The average Bonchev–Trinajstić information content (AvgIpc) is 2.17. The van der Waals surface area contributed by atoms with E-state index in [9.17, 15) is 4.79 Å². The van der Waals surface area contributed by atoms with Crippen LogP contribution in [0.15, 0.2) is 35.5 Å². The molecule has 84 valence electrons. The third kappa shape index (κ3) is 8.97. The lowest BCUT2D eigenvalue weighted by molar-refractivity contribution is -0.139. The maximum atomic E-state index is 10.5. The molecule has 3 heteroatoms. The average molecular weight is 210 g/mol. The highest BCUT2D eigenvalue weighted by Crippen LogP contribution is 1.97. The van der Waals surface area contributed by atoms with Gasteiger partial charge in [-0.2, -0.15) is 0 Å². The molecule has 0 fully saturated rings. The Bertz CT molecular complexity index is 285. The monoisotopic (exact) mass is 210 g/mol. The quantitative estimate of drug-likeness (QED) is 0.557. The van der Waals surface area contributed by atoms with E-state index in [1.807, 2.05) is 38.2 Å². The standard InChI is InChI=1S/C12H18O3/c1-10(7-8-15-12(3)14)5-4-6-11(2)9-13/h4-7,13H,8-9H2,1-3H3/b5-4+,10-7+,11-6+. The zero-order valence-electron chi connectivity index (χ0n) is 9.49. The summed E-state index contributed by atoms with van der Waals surface area (Å²) < 4.78 is 4.76. The Labute approximate surface area is 90.8 Å². The van der Waals surface area contributed by atoms with Crippen LogP contribution in [0.3, 0.4) is 0 Å². The second-order valence-electron chi connectivity index (χ2n) is 3.28. The Morgan fingerprint density at radius 1 is 1.33 bits per heavy atom. The summed E-state index contributed by atoms with van der Waals surface area (Å²) in [7, 11) is 0. The minimum atomic E-state index is -0.279. The Balaban J connectivity index is 4.01. The second-order valence-corrected chi connectivity index (χ2v) is 3.28. The minimum Gasteiger partial charge on any atom is -0.462 e. The molecule has 0 heterocycles. The largest absolute Gasteiger partial charge is 0.462 e. The van der Waals surface area contributed by atoms with Crippen LogP contribution in [0.1, 0.15) is 20.8 Å². The highest BCUT2D eigenvalue weighted by Gasteiger charge is 1.88. The minimum absolute atomic E-state index is 0.0700. The summed E-state index contributed by atoms with van der Waals surface area (Å²) in [6, 6.07) is 0. The number of aliphatic hydroxyl groups excluding tert-OH is 1. The zero-order chi connectivity index (χ0) is 11.7. The molecule has 0 bridgehead atoms. The molecular formula is C12H18O3. The molecule has 0 atom stereocenters. The Hall–Kier alpha value is -1.35. The summed E-state index contributed by atoms with van der Waals surface area (Å²) in [6.45, 7) is 5.52. The molecule has 0 amide bonds. The van der Waals surface area contributed by atoms with Gasteiger partial charge in [-0.15, -0.1) is 0 Å². The van der Waals surface area contributed by atoms with Gasteiger partial charge in [0.05, 0.1) is 6.61 Å². The lowest BCUT2D eigenvalue weighted by Gasteiger charge is -1.96. The van der Waals surface area contributed by atoms with Crippen LogP contribution in [0.2, 0.25) is 0 Å². The third-order valence-electron chi connectivity index (χ3n) is 1.68. The van der Waals surface area contributed by atoms with Crippen molar-refractivity contribution in [2.45, 2.75) is 20.8 Å². The van der Waals surface area contributed by atoms with Crippen LogP contribution in [-0.2, 0) is 9.53 Å². The molecule has 15 heavy (non-hydrogen) atoms. The van der Waals surface area contributed by atoms with Gasteiger partial charge in [0.15, 0.2) is 0 Å². The van der Waals surface area contributed by atoms with E-state index in [4.69, 9.17) is 9.84 Å². The summed E-state index contributed by atoms with van der Waals surface area (Å²) in [4.78, 5) is 10.5. The van der Waals surface area contributed by atoms with Crippen molar-refractivity contribution in [3.8, 4) is 0 Å². The first kappa shape index (κ1) is 13.7. The molecule has 0 saturated carbocycles. The van der Waals surface area contributed by atoms with Crippen LogP contribution in [0.25, 0.3) is 0 Å². The van der Waals surface area contributed by atoms with Crippen LogP contribution in [0, 0.1) is 0 Å². The highest BCUT2D eigenvalue weighted by atomic mass is 16.5. The highest BCUT2D eigenvalue weighted by molar-refractivity contribution is 5.66. The van der Waals surface area contributed by atoms with Crippen molar-refractivity contribution >= 4 is 5.97 Å². The van der Waals surface area contributed by atoms with Gasteiger partial charge >= 0.3 is 5.97 Å². The van der Waals surface area contributed by atoms with Gasteiger partial charge in [0.25, 0.3) is 0 Å². The Morgan fingerprint density at radius 2 is 2.00 bits per heavy atom. The molecule has 0 aliphatic heterocycles. The van der Waals surface area contributed by atoms with Gasteiger partial charge < -0.3 is 9.84 Å². The van der Waals surface area contributed by atoms with Gasteiger partial charge in [0.2, 0.25) is 0 Å². The van der Waals surface area contributed by atoms with Gasteiger partial charge in [0.1, 0.15) is 6.61 Å².